The highest BCUT2D eigenvalue weighted by molar-refractivity contribution is 5.85. The standard InChI is InChI=1S/C14H16N2O/c1-9-8-10(2)16-14-11(6-7-13(15)17)4-3-5-12(9)14/h3-5,8H,6-7H2,1-2H3,(H2,15,17). The van der Waals surface area contributed by atoms with Crippen LogP contribution in [-0.4, -0.2) is 10.9 Å². The molecule has 0 aliphatic carbocycles. The average molecular weight is 228 g/mol. The molecule has 0 radical (unpaired) electrons. The van der Waals surface area contributed by atoms with Gasteiger partial charge in [0.1, 0.15) is 0 Å². The van der Waals surface area contributed by atoms with Crippen LogP contribution in [0.25, 0.3) is 10.9 Å². The van der Waals surface area contributed by atoms with Crippen LogP contribution in [0.3, 0.4) is 0 Å². The number of aromatic nitrogens is 1. The number of carbonyl (C=O) groups excluding carboxylic acids is 1. The van der Waals surface area contributed by atoms with Crippen molar-refractivity contribution in [2.24, 2.45) is 5.73 Å². The molecule has 0 fully saturated rings. The maximum atomic E-state index is 10.8. The first-order valence-corrected chi connectivity index (χ1v) is 5.72. The largest absolute Gasteiger partial charge is 0.370 e. The summed E-state index contributed by atoms with van der Waals surface area (Å²) in [7, 11) is 0. The number of primary amides is 1. The summed E-state index contributed by atoms with van der Waals surface area (Å²) in [6.45, 7) is 4.06. The molecular formula is C14H16N2O. The van der Waals surface area contributed by atoms with Crippen LogP contribution in [0.4, 0.5) is 0 Å². The molecule has 2 aromatic rings. The lowest BCUT2D eigenvalue weighted by atomic mass is 10.0. The van der Waals surface area contributed by atoms with Gasteiger partial charge in [0, 0.05) is 17.5 Å². The van der Waals surface area contributed by atoms with E-state index in [0.29, 0.717) is 12.8 Å². The van der Waals surface area contributed by atoms with Gasteiger partial charge in [-0.25, -0.2) is 0 Å². The number of hydrogen-bond donors (Lipinski definition) is 1. The van der Waals surface area contributed by atoms with Crippen molar-refractivity contribution >= 4 is 16.8 Å². The molecule has 2 N–H and O–H groups in total. The Morgan fingerprint density at radius 2 is 2.12 bits per heavy atom. The quantitative estimate of drug-likeness (QED) is 0.876. The van der Waals surface area contributed by atoms with Gasteiger partial charge < -0.3 is 5.73 Å². The average Bonchev–Trinajstić information content (AvgIpc) is 2.26. The molecule has 3 heteroatoms. The van der Waals surface area contributed by atoms with E-state index >= 15 is 0 Å². The van der Waals surface area contributed by atoms with E-state index in [4.69, 9.17) is 5.73 Å². The normalized spacial score (nSPS) is 10.7. The topological polar surface area (TPSA) is 56.0 Å². The number of para-hydroxylation sites is 1. The third kappa shape index (κ3) is 2.44. The SMILES string of the molecule is Cc1cc(C)c2cccc(CCC(N)=O)c2n1. The second-order valence-corrected chi connectivity index (χ2v) is 4.36. The minimum absolute atomic E-state index is 0.272. The van der Waals surface area contributed by atoms with Crippen LogP contribution in [-0.2, 0) is 11.2 Å². The molecule has 1 heterocycles. The fraction of sp³-hybridized carbons (Fsp3) is 0.286. The Labute approximate surface area is 101 Å². The number of fused-ring (bicyclic) bond motifs is 1. The first-order valence-electron chi connectivity index (χ1n) is 5.72. The molecule has 17 heavy (non-hydrogen) atoms. The van der Waals surface area contributed by atoms with Crippen molar-refractivity contribution in [1.29, 1.82) is 0 Å². The summed E-state index contributed by atoms with van der Waals surface area (Å²) in [5, 5.41) is 1.15. The molecule has 0 unspecified atom stereocenters. The highest BCUT2D eigenvalue weighted by atomic mass is 16.1. The van der Waals surface area contributed by atoms with E-state index in [1.807, 2.05) is 19.1 Å². The van der Waals surface area contributed by atoms with Gasteiger partial charge in [-0.2, -0.15) is 0 Å². The van der Waals surface area contributed by atoms with E-state index in [-0.39, 0.29) is 5.91 Å². The Hall–Kier alpha value is -1.90. The Bertz CT molecular complexity index is 576. The fourth-order valence-corrected chi connectivity index (χ4v) is 2.10. The number of aryl methyl sites for hydroxylation is 3. The van der Waals surface area contributed by atoms with Crippen molar-refractivity contribution in [2.45, 2.75) is 26.7 Å². The van der Waals surface area contributed by atoms with E-state index < -0.39 is 0 Å². The van der Waals surface area contributed by atoms with Crippen molar-refractivity contribution in [3.8, 4) is 0 Å². The highest BCUT2D eigenvalue weighted by Gasteiger charge is 2.06. The summed E-state index contributed by atoms with van der Waals surface area (Å²) in [6, 6.07) is 8.14. The number of hydrogen-bond acceptors (Lipinski definition) is 2. The maximum absolute atomic E-state index is 10.8. The zero-order chi connectivity index (χ0) is 12.4. The first-order chi connectivity index (χ1) is 8.08. The molecular weight excluding hydrogens is 212 g/mol. The van der Waals surface area contributed by atoms with Crippen LogP contribution in [0.2, 0.25) is 0 Å². The summed E-state index contributed by atoms with van der Waals surface area (Å²) in [4.78, 5) is 15.4. The first kappa shape index (κ1) is 11.6. The molecule has 3 nitrogen and oxygen atoms in total. The fourth-order valence-electron chi connectivity index (χ4n) is 2.10. The summed E-state index contributed by atoms with van der Waals surface area (Å²) in [5.74, 6) is -0.272. The van der Waals surface area contributed by atoms with Crippen LogP contribution in [0.1, 0.15) is 23.2 Å². The molecule has 1 aromatic carbocycles. The van der Waals surface area contributed by atoms with Crippen LogP contribution >= 0.6 is 0 Å². The second-order valence-electron chi connectivity index (χ2n) is 4.36. The summed E-state index contributed by atoms with van der Waals surface area (Å²) < 4.78 is 0. The number of rotatable bonds is 3. The lowest BCUT2D eigenvalue weighted by molar-refractivity contribution is -0.117. The number of amides is 1. The molecule has 2 rings (SSSR count). The van der Waals surface area contributed by atoms with Crippen molar-refractivity contribution < 1.29 is 4.79 Å². The molecule has 0 saturated heterocycles. The number of nitrogens with two attached hydrogens (primary N) is 1. The molecule has 0 saturated carbocycles. The third-order valence-corrected chi connectivity index (χ3v) is 2.90. The number of pyridine rings is 1. The highest BCUT2D eigenvalue weighted by Crippen LogP contribution is 2.22. The number of benzene rings is 1. The lowest BCUT2D eigenvalue weighted by Gasteiger charge is -2.08. The van der Waals surface area contributed by atoms with Crippen molar-refractivity contribution in [2.75, 3.05) is 0 Å². The van der Waals surface area contributed by atoms with Gasteiger partial charge in [-0.05, 0) is 37.5 Å². The van der Waals surface area contributed by atoms with Gasteiger partial charge in [0.25, 0.3) is 0 Å². The zero-order valence-corrected chi connectivity index (χ0v) is 10.2. The predicted molar refractivity (Wildman–Crippen MR) is 68.7 cm³/mol. The Balaban J connectivity index is 2.52. The molecule has 88 valence electrons. The molecule has 0 spiro atoms. The zero-order valence-electron chi connectivity index (χ0n) is 10.2. The maximum Gasteiger partial charge on any atom is 0.217 e. The van der Waals surface area contributed by atoms with E-state index in [1.54, 1.807) is 0 Å². The molecule has 0 aliphatic rings. The Morgan fingerprint density at radius 1 is 1.35 bits per heavy atom. The van der Waals surface area contributed by atoms with E-state index in [1.165, 1.54) is 5.56 Å². The number of nitrogens with zero attached hydrogens (tertiary/aromatic N) is 1. The van der Waals surface area contributed by atoms with Gasteiger partial charge in [-0.15, -0.1) is 0 Å². The van der Waals surface area contributed by atoms with Crippen molar-refractivity contribution in [1.82, 2.24) is 4.98 Å². The lowest BCUT2D eigenvalue weighted by Crippen LogP contribution is -2.11. The molecule has 0 bridgehead atoms. The Morgan fingerprint density at radius 3 is 2.82 bits per heavy atom. The molecule has 1 aromatic heterocycles. The van der Waals surface area contributed by atoms with Crippen LogP contribution in [0, 0.1) is 13.8 Å². The van der Waals surface area contributed by atoms with Crippen LogP contribution in [0.5, 0.6) is 0 Å². The van der Waals surface area contributed by atoms with E-state index in [2.05, 4.69) is 24.0 Å². The minimum atomic E-state index is -0.272. The van der Waals surface area contributed by atoms with Crippen molar-refractivity contribution in [3.05, 3.63) is 41.1 Å². The predicted octanol–water partition coefficient (Wildman–Crippen LogP) is 2.27. The van der Waals surface area contributed by atoms with Gasteiger partial charge >= 0.3 is 0 Å². The monoisotopic (exact) mass is 228 g/mol. The van der Waals surface area contributed by atoms with E-state index in [9.17, 15) is 4.79 Å². The van der Waals surface area contributed by atoms with Crippen LogP contribution < -0.4 is 5.73 Å². The number of carbonyl (C=O) groups is 1. The summed E-state index contributed by atoms with van der Waals surface area (Å²) >= 11 is 0. The van der Waals surface area contributed by atoms with E-state index in [0.717, 1.165) is 22.2 Å². The third-order valence-electron chi connectivity index (χ3n) is 2.90. The molecule has 0 atom stereocenters. The second kappa shape index (κ2) is 4.53. The van der Waals surface area contributed by atoms with Gasteiger partial charge in [0.05, 0.1) is 5.52 Å². The minimum Gasteiger partial charge on any atom is -0.370 e. The summed E-state index contributed by atoms with van der Waals surface area (Å²) in [6.07, 6.45) is 1.02. The smallest absolute Gasteiger partial charge is 0.217 e. The van der Waals surface area contributed by atoms with Crippen molar-refractivity contribution in [3.63, 3.8) is 0 Å². The Kier molecular flexibility index (Phi) is 3.09. The van der Waals surface area contributed by atoms with Crippen LogP contribution in [0.15, 0.2) is 24.3 Å². The summed E-state index contributed by atoms with van der Waals surface area (Å²) in [5.41, 5.74) is 9.49. The van der Waals surface area contributed by atoms with Gasteiger partial charge in [0.15, 0.2) is 0 Å². The van der Waals surface area contributed by atoms with Gasteiger partial charge in [0.2, 0.25) is 5.91 Å². The van der Waals surface area contributed by atoms with Gasteiger partial charge in [-0.1, -0.05) is 18.2 Å². The molecule has 1 amide bonds. The van der Waals surface area contributed by atoms with Gasteiger partial charge in [-0.3, -0.25) is 9.78 Å². The molecule has 0 aliphatic heterocycles.